The van der Waals surface area contributed by atoms with Crippen molar-refractivity contribution in [2.24, 2.45) is 0 Å². The van der Waals surface area contributed by atoms with Crippen LogP contribution >= 0.6 is 23.1 Å². The van der Waals surface area contributed by atoms with Gasteiger partial charge in [-0.1, -0.05) is 30.0 Å². The summed E-state index contributed by atoms with van der Waals surface area (Å²) >= 11 is 3.17. The van der Waals surface area contributed by atoms with Gasteiger partial charge < -0.3 is 15.0 Å². The van der Waals surface area contributed by atoms with E-state index in [1.54, 1.807) is 30.1 Å². The van der Waals surface area contributed by atoms with Crippen LogP contribution in [0.25, 0.3) is 0 Å². The number of carbonyl (C=O) groups is 1. The van der Waals surface area contributed by atoms with Crippen molar-refractivity contribution < 1.29 is 9.53 Å². The van der Waals surface area contributed by atoms with E-state index in [4.69, 9.17) is 4.74 Å². The molecule has 0 saturated heterocycles. The normalized spacial score (nSPS) is 15.5. The van der Waals surface area contributed by atoms with Crippen LogP contribution in [-0.4, -0.2) is 55.2 Å². The van der Waals surface area contributed by atoms with Gasteiger partial charge in [0, 0.05) is 19.3 Å². The zero-order chi connectivity index (χ0) is 15.3. The smallest absolute Gasteiger partial charge is 0.325 e. The zero-order valence-corrected chi connectivity index (χ0v) is 14.4. The molecule has 2 unspecified atom stereocenters. The predicted octanol–water partition coefficient (Wildman–Crippen LogP) is 1.63. The fraction of sp³-hybridized carbons (Fsp3) is 0.750. The van der Waals surface area contributed by atoms with E-state index in [1.165, 1.54) is 7.11 Å². The maximum absolute atomic E-state index is 11.8. The van der Waals surface area contributed by atoms with Crippen molar-refractivity contribution in [2.45, 2.75) is 35.4 Å². The van der Waals surface area contributed by atoms with E-state index in [0.717, 1.165) is 9.47 Å². The maximum Gasteiger partial charge on any atom is 0.325 e. The van der Waals surface area contributed by atoms with Gasteiger partial charge in [0.1, 0.15) is 5.54 Å². The second-order valence-corrected chi connectivity index (χ2v) is 7.59. The van der Waals surface area contributed by atoms with Crippen LogP contribution in [0.5, 0.6) is 0 Å². The number of aromatic nitrogens is 2. The van der Waals surface area contributed by atoms with Crippen molar-refractivity contribution in [3.05, 3.63) is 0 Å². The lowest BCUT2D eigenvalue weighted by atomic mass is 9.96. The topological polar surface area (TPSA) is 67.4 Å². The lowest BCUT2D eigenvalue weighted by Crippen LogP contribution is -2.49. The number of rotatable bonds is 7. The third kappa shape index (κ3) is 4.32. The first-order valence-corrected chi connectivity index (χ1v) is 7.97. The summed E-state index contributed by atoms with van der Waals surface area (Å²) in [7, 11) is 7.05. The van der Waals surface area contributed by atoms with Gasteiger partial charge in [-0.25, -0.2) is 0 Å². The molecule has 0 spiro atoms. The van der Waals surface area contributed by atoms with Crippen molar-refractivity contribution in [2.75, 3.05) is 33.2 Å². The molecule has 2 atom stereocenters. The molecule has 20 heavy (non-hydrogen) atoms. The van der Waals surface area contributed by atoms with Crippen molar-refractivity contribution in [3.63, 3.8) is 0 Å². The number of hydrogen-bond acceptors (Lipinski definition) is 8. The molecule has 0 fully saturated rings. The highest BCUT2D eigenvalue weighted by Gasteiger charge is 2.34. The molecular formula is C12H22N4O2S2. The molecule has 1 aromatic heterocycles. The Morgan fingerprint density at radius 3 is 2.65 bits per heavy atom. The SMILES string of the molecule is CNC(C)(CC(C)Sc1nnc(N(C)C)s1)C(=O)OC. The minimum absolute atomic E-state index is 0.217. The standard InChI is InChI=1S/C12H22N4O2S2/c1-8(7-12(2,13-3)9(17)18-6)19-11-15-14-10(20-11)16(4)5/h8,13H,7H2,1-6H3. The van der Waals surface area contributed by atoms with Crippen LogP contribution in [0.3, 0.4) is 0 Å². The van der Waals surface area contributed by atoms with Crippen molar-refractivity contribution in [1.82, 2.24) is 15.5 Å². The number of carbonyl (C=O) groups excluding carboxylic acids is 1. The molecule has 8 heteroatoms. The number of thioether (sulfide) groups is 1. The number of hydrogen-bond donors (Lipinski definition) is 1. The summed E-state index contributed by atoms with van der Waals surface area (Å²) in [5.41, 5.74) is -0.684. The minimum Gasteiger partial charge on any atom is -0.468 e. The quantitative estimate of drug-likeness (QED) is 0.605. The summed E-state index contributed by atoms with van der Waals surface area (Å²) in [5, 5.41) is 12.4. The van der Waals surface area contributed by atoms with Crippen LogP contribution in [-0.2, 0) is 9.53 Å². The Labute approximate surface area is 128 Å². The van der Waals surface area contributed by atoms with Crippen molar-refractivity contribution in [3.8, 4) is 0 Å². The molecule has 0 saturated carbocycles. The molecule has 0 aliphatic rings. The van der Waals surface area contributed by atoms with E-state index >= 15 is 0 Å². The fourth-order valence-corrected chi connectivity index (χ4v) is 3.99. The highest BCUT2D eigenvalue weighted by Crippen LogP contribution is 2.33. The number of esters is 1. The van der Waals surface area contributed by atoms with Gasteiger partial charge in [0.25, 0.3) is 0 Å². The molecule has 1 aromatic rings. The predicted molar refractivity (Wildman–Crippen MR) is 83.7 cm³/mol. The molecule has 6 nitrogen and oxygen atoms in total. The lowest BCUT2D eigenvalue weighted by Gasteiger charge is -2.28. The van der Waals surface area contributed by atoms with Gasteiger partial charge in [-0.15, -0.1) is 10.2 Å². The largest absolute Gasteiger partial charge is 0.468 e. The Morgan fingerprint density at radius 1 is 1.55 bits per heavy atom. The molecule has 1 N–H and O–H groups in total. The average Bonchev–Trinajstić information content (AvgIpc) is 2.85. The van der Waals surface area contributed by atoms with Crippen LogP contribution in [0.2, 0.25) is 0 Å². The number of anilines is 1. The fourth-order valence-electron chi connectivity index (χ4n) is 1.73. The molecular weight excluding hydrogens is 296 g/mol. The van der Waals surface area contributed by atoms with Crippen LogP contribution in [0, 0.1) is 0 Å². The highest BCUT2D eigenvalue weighted by atomic mass is 32.2. The first kappa shape index (κ1) is 17.2. The summed E-state index contributed by atoms with van der Waals surface area (Å²) in [6.45, 7) is 3.92. The van der Waals surface area contributed by atoms with Crippen LogP contribution < -0.4 is 10.2 Å². The average molecular weight is 318 g/mol. The Kier molecular flexibility index (Phi) is 6.22. The zero-order valence-electron chi connectivity index (χ0n) is 12.8. The Hall–Kier alpha value is -0.860. The Bertz CT molecular complexity index is 452. The summed E-state index contributed by atoms with van der Waals surface area (Å²) in [4.78, 5) is 13.7. The molecule has 1 rings (SSSR count). The number of nitrogens with one attached hydrogen (secondary N) is 1. The maximum atomic E-state index is 11.8. The molecule has 0 aliphatic carbocycles. The van der Waals surface area contributed by atoms with Gasteiger partial charge in [-0.2, -0.15) is 0 Å². The summed E-state index contributed by atoms with van der Waals surface area (Å²) < 4.78 is 5.76. The molecule has 0 bridgehead atoms. The van der Waals surface area contributed by atoms with Crippen molar-refractivity contribution in [1.29, 1.82) is 0 Å². The number of methoxy groups -OCH3 is 1. The summed E-state index contributed by atoms with van der Waals surface area (Å²) in [5.74, 6) is -0.251. The first-order chi connectivity index (χ1) is 9.32. The van der Waals surface area contributed by atoms with Gasteiger partial charge in [0.2, 0.25) is 5.13 Å². The van der Waals surface area contributed by atoms with E-state index in [1.807, 2.05) is 25.9 Å². The molecule has 0 radical (unpaired) electrons. The summed E-state index contributed by atoms with van der Waals surface area (Å²) in [6, 6.07) is 0. The van der Waals surface area contributed by atoms with E-state index in [2.05, 4.69) is 22.4 Å². The third-order valence-electron chi connectivity index (χ3n) is 2.96. The van der Waals surface area contributed by atoms with Gasteiger partial charge >= 0.3 is 5.97 Å². The molecule has 0 amide bonds. The van der Waals surface area contributed by atoms with E-state index in [0.29, 0.717) is 6.42 Å². The van der Waals surface area contributed by atoms with E-state index < -0.39 is 5.54 Å². The number of likely N-dealkylation sites (N-methyl/N-ethyl adjacent to an activating group) is 1. The van der Waals surface area contributed by atoms with Gasteiger partial charge in [-0.3, -0.25) is 4.79 Å². The highest BCUT2D eigenvalue weighted by molar-refractivity contribution is 8.01. The van der Waals surface area contributed by atoms with Gasteiger partial charge in [-0.05, 0) is 20.4 Å². The second-order valence-electron chi connectivity index (χ2n) is 4.95. The molecule has 0 aromatic carbocycles. The monoisotopic (exact) mass is 318 g/mol. The lowest BCUT2D eigenvalue weighted by molar-refractivity contribution is -0.147. The first-order valence-electron chi connectivity index (χ1n) is 6.27. The number of nitrogens with zero attached hydrogens (tertiary/aromatic N) is 3. The second kappa shape index (κ2) is 7.24. The van der Waals surface area contributed by atoms with Crippen LogP contribution in [0.4, 0.5) is 5.13 Å². The van der Waals surface area contributed by atoms with Gasteiger partial charge in [0.05, 0.1) is 7.11 Å². The number of ether oxygens (including phenoxy) is 1. The van der Waals surface area contributed by atoms with Crippen LogP contribution in [0.15, 0.2) is 4.34 Å². The Morgan fingerprint density at radius 2 is 2.20 bits per heavy atom. The minimum atomic E-state index is -0.684. The van der Waals surface area contributed by atoms with Crippen LogP contribution in [0.1, 0.15) is 20.3 Å². The molecule has 0 aliphatic heterocycles. The van der Waals surface area contributed by atoms with Crippen molar-refractivity contribution >= 4 is 34.2 Å². The van der Waals surface area contributed by atoms with E-state index in [-0.39, 0.29) is 11.2 Å². The van der Waals surface area contributed by atoms with E-state index in [9.17, 15) is 4.79 Å². The summed E-state index contributed by atoms with van der Waals surface area (Å²) in [6.07, 6.45) is 0.651. The van der Waals surface area contributed by atoms with Gasteiger partial charge in [0.15, 0.2) is 4.34 Å². The third-order valence-corrected chi connectivity index (χ3v) is 5.24. The molecule has 114 valence electrons. The molecule has 1 heterocycles. The Balaban J connectivity index is 2.66.